The van der Waals surface area contributed by atoms with Gasteiger partial charge in [0.05, 0.1) is 5.56 Å². The predicted molar refractivity (Wildman–Crippen MR) is 77.0 cm³/mol. The van der Waals surface area contributed by atoms with Crippen molar-refractivity contribution in [3.63, 3.8) is 0 Å². The lowest BCUT2D eigenvalue weighted by Gasteiger charge is -2.36. The molecule has 1 aromatic carbocycles. The van der Waals surface area contributed by atoms with Gasteiger partial charge < -0.3 is 15.3 Å². The van der Waals surface area contributed by atoms with E-state index in [1.165, 1.54) is 12.1 Å². The maximum atomic E-state index is 12.1. The number of likely N-dealkylation sites (tertiary alicyclic amines) is 1. The van der Waals surface area contributed by atoms with E-state index in [0.717, 1.165) is 25.9 Å². The highest BCUT2D eigenvalue weighted by Gasteiger charge is 2.27. The number of hydrogen-bond donors (Lipinski definition) is 2. The van der Waals surface area contributed by atoms with Crippen molar-refractivity contribution in [2.75, 3.05) is 18.4 Å². The normalized spacial score (nSPS) is 17.6. The zero-order valence-corrected chi connectivity index (χ0v) is 11.8. The Morgan fingerprint density at radius 1 is 1.25 bits per heavy atom. The summed E-state index contributed by atoms with van der Waals surface area (Å²) in [5, 5.41) is 11.7. The van der Waals surface area contributed by atoms with Crippen molar-refractivity contribution in [2.24, 2.45) is 5.41 Å². The molecule has 20 heavy (non-hydrogen) atoms. The zero-order valence-electron chi connectivity index (χ0n) is 11.8. The molecule has 0 unspecified atom stereocenters. The molecule has 0 atom stereocenters. The zero-order chi connectivity index (χ0) is 14.8. The highest BCUT2D eigenvalue weighted by atomic mass is 16.4. The van der Waals surface area contributed by atoms with E-state index in [-0.39, 0.29) is 11.6 Å². The Balaban J connectivity index is 1.98. The van der Waals surface area contributed by atoms with Crippen LogP contribution in [0.15, 0.2) is 24.3 Å². The fourth-order valence-electron chi connectivity index (χ4n) is 2.25. The van der Waals surface area contributed by atoms with E-state index in [1.807, 2.05) is 0 Å². The number of carbonyl (C=O) groups is 2. The number of carboxylic acid groups (broad SMARTS) is 1. The average Bonchev–Trinajstić information content (AvgIpc) is 2.38. The van der Waals surface area contributed by atoms with E-state index in [2.05, 4.69) is 19.2 Å². The minimum absolute atomic E-state index is 0.164. The van der Waals surface area contributed by atoms with Gasteiger partial charge in [0.2, 0.25) is 0 Å². The molecule has 5 heteroatoms. The van der Waals surface area contributed by atoms with Crippen molar-refractivity contribution in [1.29, 1.82) is 0 Å². The van der Waals surface area contributed by atoms with Crippen LogP contribution >= 0.6 is 0 Å². The molecule has 1 fully saturated rings. The van der Waals surface area contributed by atoms with Crippen molar-refractivity contribution in [2.45, 2.75) is 26.7 Å². The van der Waals surface area contributed by atoms with Gasteiger partial charge >= 0.3 is 12.0 Å². The minimum atomic E-state index is -0.999. The van der Waals surface area contributed by atoms with Crippen LogP contribution in [0, 0.1) is 5.41 Å². The molecule has 0 spiro atoms. The number of nitrogens with one attached hydrogen (secondary N) is 1. The van der Waals surface area contributed by atoms with Crippen molar-refractivity contribution >= 4 is 17.7 Å². The van der Waals surface area contributed by atoms with E-state index in [1.54, 1.807) is 17.0 Å². The Morgan fingerprint density at radius 2 is 1.90 bits per heavy atom. The van der Waals surface area contributed by atoms with E-state index in [9.17, 15) is 9.59 Å². The molecule has 1 aliphatic rings. The number of benzene rings is 1. The highest BCUT2D eigenvalue weighted by Crippen LogP contribution is 2.29. The molecule has 108 valence electrons. The maximum absolute atomic E-state index is 12.1. The Bertz CT molecular complexity index is 516. The lowest BCUT2D eigenvalue weighted by Crippen LogP contribution is -2.43. The number of hydrogen-bond acceptors (Lipinski definition) is 2. The third kappa shape index (κ3) is 3.50. The number of anilines is 1. The third-order valence-corrected chi connectivity index (χ3v) is 3.77. The molecular weight excluding hydrogens is 256 g/mol. The smallest absolute Gasteiger partial charge is 0.335 e. The van der Waals surface area contributed by atoms with Crippen LogP contribution in [-0.4, -0.2) is 35.1 Å². The number of carbonyl (C=O) groups excluding carboxylic acids is 1. The third-order valence-electron chi connectivity index (χ3n) is 3.77. The van der Waals surface area contributed by atoms with Crippen LogP contribution in [0.5, 0.6) is 0 Å². The molecule has 0 radical (unpaired) electrons. The van der Waals surface area contributed by atoms with Crippen molar-refractivity contribution in [3.8, 4) is 0 Å². The van der Waals surface area contributed by atoms with E-state index in [0.29, 0.717) is 11.1 Å². The first-order valence-electron chi connectivity index (χ1n) is 6.77. The van der Waals surface area contributed by atoms with Gasteiger partial charge in [0.15, 0.2) is 0 Å². The van der Waals surface area contributed by atoms with Crippen molar-refractivity contribution < 1.29 is 14.7 Å². The Labute approximate surface area is 118 Å². The fourth-order valence-corrected chi connectivity index (χ4v) is 2.25. The first-order valence-corrected chi connectivity index (χ1v) is 6.77. The molecule has 2 rings (SSSR count). The first-order chi connectivity index (χ1) is 9.37. The van der Waals surface area contributed by atoms with Gasteiger partial charge in [-0.3, -0.25) is 0 Å². The summed E-state index contributed by atoms with van der Waals surface area (Å²) >= 11 is 0. The fraction of sp³-hybridized carbons (Fsp3) is 0.467. The standard InChI is InChI=1S/C15H20N2O3/c1-15(2)6-8-17(9-7-15)14(20)16-12-5-3-4-11(10-12)13(18)19/h3-5,10H,6-9H2,1-2H3,(H,16,20)(H,18,19). The van der Waals surface area contributed by atoms with Crippen molar-refractivity contribution in [3.05, 3.63) is 29.8 Å². The topological polar surface area (TPSA) is 69.6 Å². The summed E-state index contributed by atoms with van der Waals surface area (Å²) in [5.74, 6) is -0.999. The van der Waals surface area contributed by atoms with Crippen LogP contribution in [0.2, 0.25) is 0 Å². The molecule has 0 aliphatic carbocycles. The number of piperidine rings is 1. The van der Waals surface area contributed by atoms with Gasteiger partial charge in [-0.2, -0.15) is 0 Å². The largest absolute Gasteiger partial charge is 0.478 e. The lowest BCUT2D eigenvalue weighted by molar-refractivity contribution is 0.0697. The molecule has 1 heterocycles. The summed E-state index contributed by atoms with van der Waals surface area (Å²) in [6.07, 6.45) is 1.96. The van der Waals surface area contributed by atoms with Gasteiger partial charge in [-0.05, 0) is 36.5 Å². The van der Waals surface area contributed by atoms with Gasteiger partial charge in [0.1, 0.15) is 0 Å². The molecule has 1 aliphatic heterocycles. The number of aromatic carboxylic acids is 1. The number of nitrogens with zero attached hydrogens (tertiary/aromatic N) is 1. The van der Waals surface area contributed by atoms with E-state index in [4.69, 9.17) is 5.11 Å². The van der Waals surface area contributed by atoms with E-state index >= 15 is 0 Å². The molecule has 2 amide bonds. The van der Waals surface area contributed by atoms with Crippen molar-refractivity contribution in [1.82, 2.24) is 4.90 Å². The monoisotopic (exact) mass is 276 g/mol. The average molecular weight is 276 g/mol. The molecular formula is C15H20N2O3. The van der Waals surface area contributed by atoms with Crippen LogP contribution in [0.25, 0.3) is 0 Å². The minimum Gasteiger partial charge on any atom is -0.478 e. The van der Waals surface area contributed by atoms with Crippen LogP contribution in [-0.2, 0) is 0 Å². The SMILES string of the molecule is CC1(C)CCN(C(=O)Nc2cccc(C(=O)O)c2)CC1. The van der Waals surface area contributed by atoms with Gasteiger partial charge in [-0.1, -0.05) is 19.9 Å². The van der Waals surface area contributed by atoms with E-state index < -0.39 is 5.97 Å². The highest BCUT2D eigenvalue weighted by molar-refractivity contribution is 5.93. The molecule has 0 bridgehead atoms. The Kier molecular flexibility index (Phi) is 3.97. The van der Waals surface area contributed by atoms with Crippen LogP contribution in [0.1, 0.15) is 37.0 Å². The molecule has 2 N–H and O–H groups in total. The molecule has 1 saturated heterocycles. The summed E-state index contributed by atoms with van der Waals surface area (Å²) in [6, 6.07) is 6.12. The van der Waals surface area contributed by atoms with Gasteiger partial charge in [0, 0.05) is 18.8 Å². The Hall–Kier alpha value is -2.04. The van der Waals surface area contributed by atoms with Crippen LogP contribution in [0.3, 0.4) is 0 Å². The van der Waals surface area contributed by atoms with Gasteiger partial charge in [-0.25, -0.2) is 9.59 Å². The summed E-state index contributed by atoms with van der Waals surface area (Å²) in [6.45, 7) is 5.88. The number of carboxylic acids is 1. The predicted octanol–water partition coefficient (Wildman–Crippen LogP) is 3.04. The Morgan fingerprint density at radius 3 is 2.50 bits per heavy atom. The second kappa shape index (κ2) is 5.53. The first kappa shape index (κ1) is 14.4. The molecule has 0 saturated carbocycles. The van der Waals surface area contributed by atoms with Crippen LogP contribution < -0.4 is 5.32 Å². The number of urea groups is 1. The summed E-state index contributed by atoms with van der Waals surface area (Å²) in [4.78, 5) is 24.8. The van der Waals surface area contributed by atoms with Gasteiger partial charge in [0.25, 0.3) is 0 Å². The lowest BCUT2D eigenvalue weighted by atomic mass is 9.83. The summed E-state index contributed by atoms with van der Waals surface area (Å²) in [5.41, 5.74) is 0.974. The maximum Gasteiger partial charge on any atom is 0.335 e. The second-order valence-electron chi connectivity index (χ2n) is 5.97. The quantitative estimate of drug-likeness (QED) is 0.872. The molecule has 0 aromatic heterocycles. The summed E-state index contributed by atoms with van der Waals surface area (Å²) in [7, 11) is 0. The molecule has 5 nitrogen and oxygen atoms in total. The molecule has 1 aromatic rings. The number of rotatable bonds is 2. The second-order valence-corrected chi connectivity index (χ2v) is 5.97. The van der Waals surface area contributed by atoms with Crippen LogP contribution in [0.4, 0.5) is 10.5 Å². The van der Waals surface area contributed by atoms with Gasteiger partial charge in [-0.15, -0.1) is 0 Å². The summed E-state index contributed by atoms with van der Waals surface area (Å²) < 4.78 is 0. The number of amides is 2.